The molecular weight excluding hydrogens is 322 g/mol. The fourth-order valence-electron chi connectivity index (χ4n) is 5.92. The summed E-state index contributed by atoms with van der Waals surface area (Å²) >= 11 is 0. The van der Waals surface area contributed by atoms with Crippen LogP contribution in [0.2, 0.25) is 0 Å². The van der Waals surface area contributed by atoms with Gasteiger partial charge in [0.05, 0.1) is 0 Å². The van der Waals surface area contributed by atoms with E-state index in [2.05, 4.69) is 15.3 Å². The van der Waals surface area contributed by atoms with Gasteiger partial charge in [-0.05, 0) is 70.0 Å². The Hall–Kier alpha value is -0.160. The minimum absolute atomic E-state index is 0.282. The lowest BCUT2D eigenvalue weighted by Crippen LogP contribution is -2.42. The van der Waals surface area contributed by atoms with Crippen LogP contribution in [0.1, 0.15) is 83.5 Å². The maximum absolute atomic E-state index is 6.11. The van der Waals surface area contributed by atoms with Crippen LogP contribution in [-0.2, 0) is 4.74 Å². The van der Waals surface area contributed by atoms with E-state index in [1.165, 1.54) is 110 Å². The van der Waals surface area contributed by atoms with E-state index in [1.54, 1.807) is 0 Å². The first-order valence-electron chi connectivity index (χ1n) is 11.8. The smallest absolute Gasteiger partial charge is 0.122 e. The summed E-state index contributed by atoms with van der Waals surface area (Å²) in [4.78, 5) is 2.72. The number of likely N-dealkylation sites (tertiary alicyclic amines) is 1. The molecule has 26 heavy (non-hydrogen) atoms. The molecule has 4 fully saturated rings. The molecule has 0 bridgehead atoms. The molecule has 0 radical (unpaired) electrons. The third-order valence-electron chi connectivity index (χ3n) is 7.56. The van der Waals surface area contributed by atoms with Crippen molar-refractivity contribution in [3.8, 4) is 0 Å². The van der Waals surface area contributed by atoms with Crippen molar-refractivity contribution < 1.29 is 4.74 Å². The lowest BCUT2D eigenvalue weighted by atomic mass is 9.76. The summed E-state index contributed by atoms with van der Waals surface area (Å²) in [5.74, 6) is 2.11. The summed E-state index contributed by atoms with van der Waals surface area (Å²) in [6, 6.07) is 0.735. The SMILES string of the molecule is C1CCC(C2CCN(CCCCOC3CC4CCCCN4N3)CC2)CC1. The third-order valence-corrected chi connectivity index (χ3v) is 7.56. The molecule has 0 aromatic carbocycles. The molecule has 1 saturated carbocycles. The molecule has 1 aliphatic carbocycles. The topological polar surface area (TPSA) is 27.7 Å². The average Bonchev–Trinajstić information content (AvgIpc) is 3.12. The highest BCUT2D eigenvalue weighted by Gasteiger charge is 2.33. The van der Waals surface area contributed by atoms with Crippen molar-refractivity contribution in [1.29, 1.82) is 0 Å². The number of hydrogen-bond acceptors (Lipinski definition) is 4. The van der Waals surface area contributed by atoms with Gasteiger partial charge in [0.1, 0.15) is 6.23 Å². The van der Waals surface area contributed by atoms with Gasteiger partial charge in [-0.3, -0.25) is 0 Å². The summed E-state index contributed by atoms with van der Waals surface area (Å²) in [7, 11) is 0. The molecule has 4 aliphatic rings. The molecule has 3 heterocycles. The largest absolute Gasteiger partial charge is 0.362 e. The van der Waals surface area contributed by atoms with Gasteiger partial charge in [0.15, 0.2) is 0 Å². The Morgan fingerprint density at radius 2 is 1.54 bits per heavy atom. The lowest BCUT2D eigenvalue weighted by molar-refractivity contribution is 0.0121. The molecule has 0 amide bonds. The molecule has 1 N–H and O–H groups in total. The third kappa shape index (κ3) is 5.21. The molecule has 0 aromatic heterocycles. The van der Waals surface area contributed by atoms with Gasteiger partial charge in [0.25, 0.3) is 0 Å². The van der Waals surface area contributed by atoms with Crippen molar-refractivity contribution in [3.05, 3.63) is 0 Å². The first-order chi connectivity index (χ1) is 12.9. The number of nitrogens with zero attached hydrogens (tertiary/aromatic N) is 2. The van der Waals surface area contributed by atoms with Gasteiger partial charge in [0, 0.05) is 25.6 Å². The zero-order valence-electron chi connectivity index (χ0n) is 16.8. The van der Waals surface area contributed by atoms with Crippen molar-refractivity contribution >= 4 is 0 Å². The molecule has 4 rings (SSSR count). The molecule has 0 spiro atoms. The van der Waals surface area contributed by atoms with Crippen LogP contribution in [0.4, 0.5) is 0 Å². The van der Waals surface area contributed by atoms with Crippen molar-refractivity contribution in [1.82, 2.24) is 15.3 Å². The predicted molar refractivity (Wildman–Crippen MR) is 107 cm³/mol. The van der Waals surface area contributed by atoms with Crippen LogP contribution in [0.3, 0.4) is 0 Å². The molecule has 3 aliphatic heterocycles. The average molecular weight is 364 g/mol. The monoisotopic (exact) mass is 363 g/mol. The maximum atomic E-state index is 6.11. The van der Waals surface area contributed by atoms with Crippen LogP contribution >= 0.6 is 0 Å². The second-order valence-corrected chi connectivity index (χ2v) is 9.35. The van der Waals surface area contributed by atoms with Gasteiger partial charge in [-0.2, -0.15) is 0 Å². The molecular formula is C22H41N3O. The Labute approximate surface area is 161 Å². The van der Waals surface area contributed by atoms with Crippen molar-refractivity contribution in [2.45, 2.75) is 95.7 Å². The van der Waals surface area contributed by atoms with Crippen LogP contribution < -0.4 is 5.43 Å². The van der Waals surface area contributed by atoms with Crippen molar-refractivity contribution in [3.63, 3.8) is 0 Å². The van der Waals surface area contributed by atoms with E-state index >= 15 is 0 Å². The minimum atomic E-state index is 0.282. The lowest BCUT2D eigenvalue weighted by Gasteiger charge is -2.37. The van der Waals surface area contributed by atoms with Crippen LogP contribution in [0.15, 0.2) is 0 Å². The van der Waals surface area contributed by atoms with E-state index in [0.29, 0.717) is 0 Å². The van der Waals surface area contributed by atoms with E-state index in [4.69, 9.17) is 4.74 Å². The Kier molecular flexibility index (Phi) is 7.27. The normalized spacial score (nSPS) is 32.8. The quantitative estimate of drug-likeness (QED) is 0.687. The number of ether oxygens (including phenoxy) is 1. The van der Waals surface area contributed by atoms with Gasteiger partial charge in [-0.25, -0.2) is 10.4 Å². The number of rotatable bonds is 7. The summed E-state index contributed by atoms with van der Waals surface area (Å²) in [5, 5.41) is 2.44. The van der Waals surface area contributed by atoms with Gasteiger partial charge in [0.2, 0.25) is 0 Å². The van der Waals surface area contributed by atoms with Crippen LogP contribution in [0.25, 0.3) is 0 Å². The molecule has 4 heteroatoms. The van der Waals surface area contributed by atoms with E-state index in [1.807, 2.05) is 0 Å². The van der Waals surface area contributed by atoms with Crippen LogP contribution in [-0.4, -0.2) is 55.0 Å². The van der Waals surface area contributed by atoms with E-state index < -0.39 is 0 Å². The fraction of sp³-hybridized carbons (Fsp3) is 1.00. The highest BCUT2D eigenvalue weighted by molar-refractivity contribution is 4.83. The first-order valence-corrected chi connectivity index (χ1v) is 11.8. The summed E-state index contributed by atoms with van der Waals surface area (Å²) in [6.45, 7) is 6.12. The standard InChI is InChI=1S/C22H41N3O/c1-2-8-19(9-3-1)20-11-15-24(16-12-20)13-6-7-17-26-22-18-21-10-4-5-14-25(21)23-22/h19-23H,1-18H2. The Morgan fingerprint density at radius 1 is 0.769 bits per heavy atom. The van der Waals surface area contributed by atoms with E-state index in [9.17, 15) is 0 Å². The predicted octanol–water partition coefficient (Wildman–Crippen LogP) is 4.16. The van der Waals surface area contributed by atoms with Gasteiger partial charge in [-0.1, -0.05) is 38.5 Å². The summed E-state index contributed by atoms with van der Waals surface area (Å²) in [5.41, 5.74) is 3.57. The molecule has 2 atom stereocenters. The Morgan fingerprint density at radius 3 is 2.35 bits per heavy atom. The number of fused-ring (bicyclic) bond motifs is 1. The molecule has 4 nitrogen and oxygen atoms in total. The summed E-state index contributed by atoms with van der Waals surface area (Å²) < 4.78 is 6.11. The summed E-state index contributed by atoms with van der Waals surface area (Å²) in [6.07, 6.45) is 18.5. The fourth-order valence-corrected chi connectivity index (χ4v) is 5.92. The minimum Gasteiger partial charge on any atom is -0.362 e. The Balaban J connectivity index is 1.04. The highest BCUT2D eigenvalue weighted by atomic mass is 16.5. The number of hydrazine groups is 1. The van der Waals surface area contributed by atoms with E-state index in [-0.39, 0.29) is 6.23 Å². The van der Waals surface area contributed by atoms with Crippen LogP contribution in [0, 0.1) is 11.8 Å². The number of hydrogen-bond donors (Lipinski definition) is 1. The highest BCUT2D eigenvalue weighted by Crippen LogP contribution is 2.35. The van der Waals surface area contributed by atoms with Crippen molar-refractivity contribution in [2.24, 2.45) is 11.8 Å². The molecule has 2 unspecified atom stereocenters. The first kappa shape index (κ1) is 19.2. The molecule has 150 valence electrons. The zero-order chi connectivity index (χ0) is 17.6. The van der Waals surface area contributed by atoms with Crippen LogP contribution in [0.5, 0.6) is 0 Å². The number of piperidine rings is 2. The van der Waals surface area contributed by atoms with Gasteiger partial charge in [-0.15, -0.1) is 0 Å². The van der Waals surface area contributed by atoms with Gasteiger partial charge < -0.3 is 9.64 Å². The number of unbranched alkanes of at least 4 members (excludes halogenated alkanes) is 1. The second kappa shape index (κ2) is 9.86. The van der Waals surface area contributed by atoms with Crippen molar-refractivity contribution in [2.75, 3.05) is 32.8 Å². The van der Waals surface area contributed by atoms with E-state index in [0.717, 1.165) is 24.5 Å². The van der Waals surface area contributed by atoms with Gasteiger partial charge >= 0.3 is 0 Å². The Bertz CT molecular complexity index is 390. The molecule has 0 aromatic rings. The number of nitrogens with one attached hydrogen (secondary N) is 1. The zero-order valence-corrected chi connectivity index (χ0v) is 16.8. The molecule has 3 saturated heterocycles. The maximum Gasteiger partial charge on any atom is 0.122 e. The second-order valence-electron chi connectivity index (χ2n) is 9.35.